The summed E-state index contributed by atoms with van der Waals surface area (Å²) in [5, 5.41) is 10.2. The Bertz CT molecular complexity index is 1200. The monoisotopic (exact) mass is 416 g/mol. The molecule has 1 aliphatic rings. The number of allylic oxidation sites excluding steroid dienone is 1. The minimum Gasteiger partial charge on any atom is -0.508 e. The first-order chi connectivity index (χ1) is 14.8. The van der Waals surface area contributed by atoms with E-state index in [0.717, 1.165) is 34.2 Å². The average Bonchev–Trinajstić information content (AvgIpc) is 3.14. The van der Waals surface area contributed by atoms with Crippen molar-refractivity contribution in [2.45, 2.75) is 25.9 Å². The molecule has 1 aromatic heterocycles. The van der Waals surface area contributed by atoms with Gasteiger partial charge in [0.05, 0.1) is 16.8 Å². The fourth-order valence-electron chi connectivity index (χ4n) is 3.92. The first kappa shape index (κ1) is 20.6. The van der Waals surface area contributed by atoms with Crippen LogP contribution in [0.3, 0.4) is 0 Å². The lowest BCUT2D eigenvalue weighted by Gasteiger charge is -2.18. The van der Waals surface area contributed by atoms with Gasteiger partial charge in [-0.2, -0.15) is 0 Å². The highest BCUT2D eigenvalue weighted by Gasteiger charge is 2.29. The zero-order chi connectivity index (χ0) is 22.1. The Morgan fingerprint density at radius 3 is 2.52 bits per heavy atom. The number of aromatic hydroxyl groups is 1. The van der Waals surface area contributed by atoms with Gasteiger partial charge in [-0.05, 0) is 60.7 Å². The number of phenolic OH excluding ortho intramolecular Hbond substituents is 1. The molecule has 2 aromatic carbocycles. The SMILES string of the molecule is CC(OC(=O)c1c2c(nc3ccccc13)/C(=C/c1ccc(O)cc1)CC2)C(=O)N(C)C. The molecule has 0 radical (unpaired) electrons. The third kappa shape index (κ3) is 4.01. The number of esters is 1. The quantitative estimate of drug-likeness (QED) is 0.649. The van der Waals surface area contributed by atoms with Crippen LogP contribution in [-0.2, 0) is 16.0 Å². The Hall–Kier alpha value is -3.67. The molecule has 1 amide bonds. The highest BCUT2D eigenvalue weighted by Crippen LogP contribution is 2.38. The minimum absolute atomic E-state index is 0.213. The van der Waals surface area contributed by atoms with Gasteiger partial charge in [-0.25, -0.2) is 9.78 Å². The summed E-state index contributed by atoms with van der Waals surface area (Å²) in [7, 11) is 3.26. The smallest absolute Gasteiger partial charge is 0.339 e. The van der Waals surface area contributed by atoms with Crippen LogP contribution in [0.1, 0.15) is 40.5 Å². The van der Waals surface area contributed by atoms with Gasteiger partial charge in [0.25, 0.3) is 5.91 Å². The zero-order valence-corrected chi connectivity index (χ0v) is 17.8. The molecule has 1 N–H and O–H groups in total. The number of para-hydroxylation sites is 1. The molecule has 0 saturated carbocycles. The molecule has 0 bridgehead atoms. The Morgan fingerprint density at radius 1 is 1.10 bits per heavy atom. The minimum atomic E-state index is -0.876. The second kappa shape index (κ2) is 8.22. The number of nitrogens with zero attached hydrogens (tertiary/aromatic N) is 2. The van der Waals surface area contributed by atoms with Gasteiger partial charge in [0.1, 0.15) is 5.75 Å². The van der Waals surface area contributed by atoms with E-state index in [0.29, 0.717) is 17.5 Å². The Balaban J connectivity index is 1.79. The van der Waals surface area contributed by atoms with Crippen molar-refractivity contribution in [3.63, 3.8) is 0 Å². The number of ether oxygens (including phenoxy) is 1. The maximum atomic E-state index is 13.2. The number of carbonyl (C=O) groups is 2. The maximum Gasteiger partial charge on any atom is 0.339 e. The molecule has 0 fully saturated rings. The molecule has 6 nitrogen and oxygen atoms in total. The number of hydrogen-bond acceptors (Lipinski definition) is 5. The van der Waals surface area contributed by atoms with Crippen LogP contribution < -0.4 is 0 Å². The van der Waals surface area contributed by atoms with Crippen molar-refractivity contribution in [3.8, 4) is 5.75 Å². The van der Waals surface area contributed by atoms with E-state index in [1.54, 1.807) is 33.2 Å². The number of phenols is 1. The van der Waals surface area contributed by atoms with E-state index in [1.165, 1.54) is 4.90 Å². The van der Waals surface area contributed by atoms with Crippen LogP contribution in [0.15, 0.2) is 48.5 Å². The fraction of sp³-hybridized carbons (Fsp3) is 0.240. The molecule has 31 heavy (non-hydrogen) atoms. The van der Waals surface area contributed by atoms with Gasteiger partial charge in [-0.3, -0.25) is 4.79 Å². The normalized spacial score (nSPS) is 15.0. The van der Waals surface area contributed by atoms with E-state index >= 15 is 0 Å². The molecule has 6 heteroatoms. The highest BCUT2D eigenvalue weighted by molar-refractivity contribution is 6.07. The molecule has 4 rings (SSSR count). The number of carbonyl (C=O) groups excluding carboxylic acids is 2. The number of amides is 1. The summed E-state index contributed by atoms with van der Waals surface area (Å²) in [6.07, 6.45) is 2.56. The molecular weight excluding hydrogens is 392 g/mol. The molecule has 158 valence electrons. The van der Waals surface area contributed by atoms with E-state index in [2.05, 4.69) is 0 Å². The van der Waals surface area contributed by atoms with Gasteiger partial charge in [-0.1, -0.05) is 30.3 Å². The Labute approximate surface area is 180 Å². The number of hydrogen-bond donors (Lipinski definition) is 1. The van der Waals surface area contributed by atoms with E-state index in [1.807, 2.05) is 42.5 Å². The molecule has 0 aliphatic heterocycles. The number of rotatable bonds is 4. The van der Waals surface area contributed by atoms with E-state index in [9.17, 15) is 14.7 Å². The third-order valence-corrected chi connectivity index (χ3v) is 5.45. The Kier molecular flexibility index (Phi) is 5.46. The highest BCUT2D eigenvalue weighted by atomic mass is 16.5. The van der Waals surface area contributed by atoms with Crippen LogP contribution in [0, 0.1) is 0 Å². The van der Waals surface area contributed by atoms with Gasteiger partial charge in [0, 0.05) is 19.5 Å². The summed E-state index contributed by atoms with van der Waals surface area (Å²) >= 11 is 0. The van der Waals surface area contributed by atoms with E-state index < -0.39 is 12.1 Å². The maximum absolute atomic E-state index is 13.2. The number of pyridine rings is 1. The van der Waals surface area contributed by atoms with E-state index in [4.69, 9.17) is 9.72 Å². The van der Waals surface area contributed by atoms with E-state index in [-0.39, 0.29) is 11.7 Å². The first-order valence-electron chi connectivity index (χ1n) is 10.2. The third-order valence-electron chi connectivity index (χ3n) is 5.45. The van der Waals surface area contributed by atoms with Crippen molar-refractivity contribution >= 4 is 34.4 Å². The lowest BCUT2D eigenvalue weighted by molar-refractivity contribution is -0.137. The lowest BCUT2D eigenvalue weighted by Crippen LogP contribution is -2.35. The molecule has 1 heterocycles. The zero-order valence-electron chi connectivity index (χ0n) is 17.8. The number of benzene rings is 2. The fourth-order valence-corrected chi connectivity index (χ4v) is 3.92. The topological polar surface area (TPSA) is 79.7 Å². The number of fused-ring (bicyclic) bond motifs is 2. The molecular formula is C25H24N2O4. The number of likely N-dealkylation sites (N-methyl/N-ethyl adjacent to an activating group) is 1. The molecule has 0 saturated heterocycles. The number of aromatic nitrogens is 1. The van der Waals surface area contributed by atoms with Crippen LogP contribution >= 0.6 is 0 Å². The van der Waals surface area contributed by atoms with Crippen molar-refractivity contribution in [3.05, 3.63) is 70.9 Å². The summed E-state index contributed by atoms with van der Waals surface area (Å²) < 4.78 is 5.55. The molecule has 1 unspecified atom stereocenters. The van der Waals surface area contributed by atoms with Crippen LogP contribution in [0.25, 0.3) is 22.6 Å². The summed E-state index contributed by atoms with van der Waals surface area (Å²) in [6.45, 7) is 1.58. The summed E-state index contributed by atoms with van der Waals surface area (Å²) in [5.41, 5.74) is 4.79. The molecule has 1 atom stereocenters. The Morgan fingerprint density at radius 2 is 1.81 bits per heavy atom. The largest absolute Gasteiger partial charge is 0.508 e. The van der Waals surface area contributed by atoms with Crippen LogP contribution in [-0.4, -0.2) is 47.1 Å². The van der Waals surface area contributed by atoms with Crippen molar-refractivity contribution in [2.75, 3.05) is 14.1 Å². The molecule has 3 aromatic rings. The average molecular weight is 416 g/mol. The standard InChI is InChI=1S/C25H24N2O4/c1-15(24(29)27(2)3)31-25(30)22-19-6-4-5-7-21(19)26-23-17(10-13-20(22)23)14-16-8-11-18(28)12-9-16/h4-9,11-12,14-15,28H,10,13H2,1-3H3/b17-14+. The molecule has 0 spiro atoms. The van der Waals surface area contributed by atoms with Gasteiger partial charge < -0.3 is 14.7 Å². The summed E-state index contributed by atoms with van der Waals surface area (Å²) in [4.78, 5) is 31.6. The van der Waals surface area contributed by atoms with Gasteiger partial charge in [-0.15, -0.1) is 0 Å². The molecule has 1 aliphatic carbocycles. The second-order valence-corrected chi connectivity index (χ2v) is 7.87. The second-order valence-electron chi connectivity index (χ2n) is 7.87. The summed E-state index contributed by atoms with van der Waals surface area (Å²) in [5.74, 6) is -0.566. The van der Waals surface area contributed by atoms with Crippen molar-refractivity contribution < 1.29 is 19.4 Å². The summed E-state index contributed by atoms with van der Waals surface area (Å²) in [6, 6.07) is 14.4. The van der Waals surface area contributed by atoms with Crippen LogP contribution in [0.4, 0.5) is 0 Å². The van der Waals surface area contributed by atoms with Crippen LogP contribution in [0.2, 0.25) is 0 Å². The van der Waals surface area contributed by atoms with Gasteiger partial charge >= 0.3 is 5.97 Å². The first-order valence-corrected chi connectivity index (χ1v) is 10.2. The lowest BCUT2D eigenvalue weighted by atomic mass is 10.0. The van der Waals surface area contributed by atoms with Crippen molar-refractivity contribution in [1.82, 2.24) is 9.88 Å². The van der Waals surface area contributed by atoms with Gasteiger partial charge in [0.15, 0.2) is 6.10 Å². The predicted molar refractivity (Wildman–Crippen MR) is 120 cm³/mol. The van der Waals surface area contributed by atoms with Crippen LogP contribution in [0.5, 0.6) is 5.75 Å². The predicted octanol–water partition coefficient (Wildman–Crippen LogP) is 4.06. The van der Waals surface area contributed by atoms with Gasteiger partial charge in [0.2, 0.25) is 0 Å². The van der Waals surface area contributed by atoms with Crippen molar-refractivity contribution in [2.24, 2.45) is 0 Å². The van der Waals surface area contributed by atoms with Crippen molar-refractivity contribution in [1.29, 1.82) is 0 Å².